The molecule has 0 aliphatic heterocycles. The molecule has 3 rings (SSSR count). The number of halogens is 3. The van der Waals surface area contributed by atoms with E-state index in [-0.39, 0.29) is 15.8 Å². The molecule has 2 aromatic heterocycles. The first-order valence-corrected chi connectivity index (χ1v) is 7.67. The minimum absolute atomic E-state index is 0.0252. The molecule has 0 aliphatic carbocycles. The number of hydrogen-bond donors (Lipinski definition) is 2. The van der Waals surface area contributed by atoms with Crippen LogP contribution in [0.25, 0.3) is 4.96 Å². The summed E-state index contributed by atoms with van der Waals surface area (Å²) in [5.74, 6) is 0. The highest BCUT2D eigenvalue weighted by atomic mass is 32.1. The van der Waals surface area contributed by atoms with Gasteiger partial charge in [-0.3, -0.25) is 10.1 Å². The SMILES string of the molecule is Cc1cc(=O)n2nc(NC(=O)Nc3ccccc3C(F)(F)F)sc2n1. The van der Waals surface area contributed by atoms with Gasteiger partial charge in [-0.15, -0.1) is 5.10 Å². The molecule has 0 saturated heterocycles. The fraction of sp³-hybridized carbons (Fsp3) is 0.143. The van der Waals surface area contributed by atoms with Crippen LogP contribution in [0.5, 0.6) is 0 Å². The molecule has 1 aromatic carbocycles. The van der Waals surface area contributed by atoms with Crippen LogP contribution in [0.2, 0.25) is 0 Å². The summed E-state index contributed by atoms with van der Waals surface area (Å²) in [6.45, 7) is 1.63. The highest BCUT2D eigenvalue weighted by Crippen LogP contribution is 2.34. The Balaban J connectivity index is 1.82. The molecule has 0 radical (unpaired) electrons. The number of carbonyl (C=O) groups excluding carboxylic acids is 1. The molecule has 2 amide bonds. The van der Waals surface area contributed by atoms with Crippen molar-refractivity contribution in [2.75, 3.05) is 10.6 Å². The van der Waals surface area contributed by atoms with Crippen molar-refractivity contribution in [1.82, 2.24) is 14.6 Å². The first-order valence-electron chi connectivity index (χ1n) is 6.86. The van der Waals surface area contributed by atoms with Crippen LogP contribution in [0.1, 0.15) is 11.3 Å². The highest BCUT2D eigenvalue weighted by Gasteiger charge is 2.33. The molecule has 11 heteroatoms. The highest BCUT2D eigenvalue weighted by molar-refractivity contribution is 7.20. The molecular weight excluding hydrogens is 359 g/mol. The van der Waals surface area contributed by atoms with Crippen LogP contribution < -0.4 is 16.2 Å². The average Bonchev–Trinajstić information content (AvgIpc) is 2.89. The predicted octanol–water partition coefficient (Wildman–Crippen LogP) is 3.12. The Morgan fingerprint density at radius 1 is 1.24 bits per heavy atom. The van der Waals surface area contributed by atoms with Gasteiger partial charge in [0, 0.05) is 11.8 Å². The van der Waals surface area contributed by atoms with E-state index in [1.54, 1.807) is 6.92 Å². The van der Waals surface area contributed by atoms with E-state index < -0.39 is 23.3 Å². The van der Waals surface area contributed by atoms with Crippen LogP contribution in [0, 0.1) is 6.92 Å². The standard InChI is InChI=1S/C14H10F3N5O2S/c1-7-6-10(23)22-13(18-7)25-12(21-22)20-11(24)19-9-5-3-2-4-8(9)14(15,16)17/h2-6H,1H3,(H2,19,20,21,24). The zero-order valence-corrected chi connectivity index (χ0v) is 13.4. The molecule has 0 spiro atoms. The van der Waals surface area contributed by atoms with Gasteiger partial charge in [0.2, 0.25) is 10.1 Å². The fourth-order valence-corrected chi connectivity index (χ4v) is 2.91. The van der Waals surface area contributed by atoms with Gasteiger partial charge in [0.25, 0.3) is 5.56 Å². The van der Waals surface area contributed by atoms with Crippen LogP contribution in [-0.4, -0.2) is 20.6 Å². The third kappa shape index (κ3) is 3.60. The Morgan fingerprint density at radius 2 is 1.96 bits per heavy atom. The number of urea groups is 1. The molecule has 0 fully saturated rings. The third-order valence-corrected chi connectivity index (χ3v) is 3.90. The number of nitrogens with zero attached hydrogens (tertiary/aromatic N) is 3. The number of anilines is 2. The lowest BCUT2D eigenvalue weighted by atomic mass is 10.1. The second kappa shape index (κ2) is 6.16. The Hall–Kier alpha value is -2.95. The van der Waals surface area contributed by atoms with E-state index in [1.165, 1.54) is 18.2 Å². The van der Waals surface area contributed by atoms with Crippen molar-refractivity contribution in [2.24, 2.45) is 0 Å². The number of alkyl halides is 3. The Bertz CT molecular complexity index is 1010. The van der Waals surface area contributed by atoms with Crippen molar-refractivity contribution in [3.8, 4) is 0 Å². The van der Waals surface area contributed by atoms with Crippen molar-refractivity contribution >= 4 is 33.1 Å². The predicted molar refractivity (Wildman–Crippen MR) is 86.0 cm³/mol. The second-order valence-corrected chi connectivity index (χ2v) is 5.92. The quantitative estimate of drug-likeness (QED) is 0.726. The number of amides is 2. The number of hydrogen-bond acceptors (Lipinski definition) is 5. The summed E-state index contributed by atoms with van der Waals surface area (Å²) < 4.78 is 39.8. The van der Waals surface area contributed by atoms with Crippen molar-refractivity contribution in [1.29, 1.82) is 0 Å². The molecule has 0 aliphatic rings. The maximum atomic E-state index is 12.9. The topological polar surface area (TPSA) is 88.4 Å². The number of benzene rings is 1. The Morgan fingerprint density at radius 3 is 2.68 bits per heavy atom. The number of carbonyl (C=O) groups is 1. The van der Waals surface area contributed by atoms with E-state index in [0.717, 1.165) is 28.0 Å². The number of aryl methyl sites for hydroxylation is 1. The zero-order valence-electron chi connectivity index (χ0n) is 12.6. The molecule has 2 N–H and O–H groups in total. The summed E-state index contributed by atoms with van der Waals surface area (Å²) >= 11 is 0.921. The van der Waals surface area contributed by atoms with E-state index in [2.05, 4.69) is 20.7 Å². The summed E-state index contributed by atoms with van der Waals surface area (Å²) in [6.07, 6.45) is -4.60. The van der Waals surface area contributed by atoms with Crippen LogP contribution >= 0.6 is 11.3 Å². The van der Waals surface area contributed by atoms with E-state index in [9.17, 15) is 22.8 Å². The maximum absolute atomic E-state index is 12.9. The number of para-hydroxylation sites is 1. The van der Waals surface area contributed by atoms with Crippen LogP contribution in [0.15, 0.2) is 35.1 Å². The van der Waals surface area contributed by atoms with Gasteiger partial charge in [-0.2, -0.15) is 17.7 Å². The third-order valence-electron chi connectivity index (χ3n) is 3.07. The summed E-state index contributed by atoms with van der Waals surface area (Å²) in [7, 11) is 0. The molecule has 0 saturated carbocycles. The summed E-state index contributed by atoms with van der Waals surface area (Å²) in [4.78, 5) is 28.1. The van der Waals surface area contributed by atoms with Crippen LogP contribution in [0.4, 0.5) is 28.8 Å². The monoisotopic (exact) mass is 369 g/mol. The lowest BCUT2D eigenvalue weighted by Crippen LogP contribution is -2.22. The van der Waals surface area contributed by atoms with E-state index in [0.29, 0.717) is 5.69 Å². The smallest absolute Gasteiger partial charge is 0.307 e. The Kier molecular flexibility index (Phi) is 4.17. The van der Waals surface area contributed by atoms with Crippen molar-refractivity contribution in [3.05, 3.63) is 51.9 Å². The van der Waals surface area contributed by atoms with Crippen molar-refractivity contribution in [2.45, 2.75) is 13.1 Å². The largest absolute Gasteiger partial charge is 0.418 e. The molecule has 7 nitrogen and oxygen atoms in total. The van der Waals surface area contributed by atoms with E-state index in [4.69, 9.17) is 0 Å². The minimum atomic E-state index is -4.60. The van der Waals surface area contributed by atoms with Gasteiger partial charge < -0.3 is 5.32 Å². The first kappa shape index (κ1) is 16.9. The van der Waals surface area contributed by atoms with Gasteiger partial charge in [0.05, 0.1) is 11.3 Å². The molecular formula is C14H10F3N5O2S. The van der Waals surface area contributed by atoms with Crippen molar-refractivity contribution in [3.63, 3.8) is 0 Å². The summed E-state index contributed by atoms with van der Waals surface area (Å²) in [5.41, 5.74) is -1.29. The van der Waals surface area contributed by atoms with E-state index in [1.807, 2.05) is 0 Å². The van der Waals surface area contributed by atoms with Crippen LogP contribution in [0.3, 0.4) is 0 Å². The van der Waals surface area contributed by atoms with Gasteiger partial charge in [0.15, 0.2) is 0 Å². The zero-order chi connectivity index (χ0) is 18.2. The molecule has 0 bridgehead atoms. The molecule has 2 heterocycles. The normalized spacial score (nSPS) is 11.5. The summed E-state index contributed by atoms with van der Waals surface area (Å²) in [6, 6.07) is 4.95. The van der Waals surface area contributed by atoms with E-state index >= 15 is 0 Å². The van der Waals surface area contributed by atoms with Crippen LogP contribution in [-0.2, 0) is 6.18 Å². The van der Waals surface area contributed by atoms with Gasteiger partial charge in [-0.1, -0.05) is 23.5 Å². The second-order valence-electron chi connectivity index (χ2n) is 4.96. The molecule has 3 aromatic rings. The number of aromatic nitrogens is 3. The number of rotatable bonds is 2. The van der Waals surface area contributed by atoms with Gasteiger partial charge in [-0.05, 0) is 19.1 Å². The molecule has 0 unspecified atom stereocenters. The lowest BCUT2D eigenvalue weighted by Gasteiger charge is -2.13. The Labute approximate surface area is 142 Å². The molecule has 0 atom stereocenters. The molecule has 25 heavy (non-hydrogen) atoms. The van der Waals surface area contributed by atoms with Gasteiger partial charge >= 0.3 is 12.2 Å². The van der Waals surface area contributed by atoms with Gasteiger partial charge in [0.1, 0.15) is 0 Å². The van der Waals surface area contributed by atoms with Crippen molar-refractivity contribution < 1.29 is 18.0 Å². The number of nitrogens with one attached hydrogen (secondary N) is 2. The first-order chi connectivity index (χ1) is 11.7. The average molecular weight is 369 g/mol. The van der Waals surface area contributed by atoms with Gasteiger partial charge in [-0.25, -0.2) is 9.78 Å². The lowest BCUT2D eigenvalue weighted by molar-refractivity contribution is -0.136. The summed E-state index contributed by atoms with van der Waals surface area (Å²) in [5, 5.41) is 8.32. The molecule has 130 valence electrons. The fourth-order valence-electron chi connectivity index (χ4n) is 2.06. The minimum Gasteiger partial charge on any atom is -0.307 e. The number of fused-ring (bicyclic) bond motifs is 1. The maximum Gasteiger partial charge on any atom is 0.418 e.